The second-order valence-corrected chi connectivity index (χ2v) is 4.74. The first-order valence-corrected chi connectivity index (χ1v) is 6.24. The molecule has 88 valence electrons. The molecule has 1 aromatic rings. The van der Waals surface area contributed by atoms with Gasteiger partial charge in [-0.25, -0.2) is 0 Å². The summed E-state index contributed by atoms with van der Waals surface area (Å²) in [6, 6.07) is 13.1. The van der Waals surface area contributed by atoms with Gasteiger partial charge in [-0.2, -0.15) is 5.26 Å². The predicted octanol–water partition coefficient (Wildman–Crippen LogP) is 2.46. The fourth-order valence-electron chi connectivity index (χ4n) is 2.94. The molecule has 2 aliphatic rings. The van der Waals surface area contributed by atoms with E-state index in [1.165, 1.54) is 5.56 Å². The van der Waals surface area contributed by atoms with E-state index < -0.39 is 0 Å². The number of hydrogen-bond donors (Lipinski definition) is 0. The van der Waals surface area contributed by atoms with Crippen LogP contribution in [0.3, 0.4) is 0 Å². The Balaban J connectivity index is 1.89. The van der Waals surface area contributed by atoms with Crippen LogP contribution in [0.1, 0.15) is 30.9 Å². The predicted molar refractivity (Wildman–Crippen MR) is 64.0 cm³/mol. The molecule has 0 aliphatic carbocycles. The van der Waals surface area contributed by atoms with Crippen LogP contribution in [0.25, 0.3) is 0 Å². The second kappa shape index (κ2) is 4.48. The maximum atomic E-state index is 9.26. The monoisotopic (exact) mass is 228 g/mol. The van der Waals surface area contributed by atoms with Gasteiger partial charge in [-0.3, -0.25) is 4.90 Å². The van der Waals surface area contributed by atoms with Gasteiger partial charge in [0.15, 0.2) is 0 Å². The van der Waals surface area contributed by atoms with E-state index in [4.69, 9.17) is 4.74 Å². The molecule has 3 unspecified atom stereocenters. The minimum Gasteiger partial charge on any atom is -0.361 e. The maximum Gasteiger partial charge on any atom is 0.112 e. The van der Waals surface area contributed by atoms with Crippen molar-refractivity contribution in [1.82, 2.24) is 4.90 Å². The molecule has 0 aromatic heterocycles. The molecule has 0 N–H and O–H groups in total. The quantitative estimate of drug-likeness (QED) is 0.740. The average Bonchev–Trinajstić information content (AvgIpc) is 2.83. The van der Waals surface area contributed by atoms with Crippen LogP contribution in [0, 0.1) is 11.3 Å². The standard InChI is InChI=1S/C14H16N2O/c15-9-12-7-4-8-14-16(12)13(10-17-14)11-5-2-1-3-6-11/h1-3,5-6,12-14H,4,7-8,10H2. The fourth-order valence-corrected chi connectivity index (χ4v) is 2.94. The van der Waals surface area contributed by atoms with Gasteiger partial charge in [0, 0.05) is 0 Å². The summed E-state index contributed by atoms with van der Waals surface area (Å²) < 4.78 is 5.83. The van der Waals surface area contributed by atoms with Crippen LogP contribution in [0.15, 0.2) is 30.3 Å². The van der Waals surface area contributed by atoms with Crippen molar-refractivity contribution in [3.63, 3.8) is 0 Å². The Morgan fingerprint density at radius 1 is 1.24 bits per heavy atom. The fraction of sp³-hybridized carbons (Fsp3) is 0.500. The zero-order valence-electron chi connectivity index (χ0n) is 9.75. The van der Waals surface area contributed by atoms with Crippen molar-refractivity contribution in [2.45, 2.75) is 37.6 Å². The molecule has 1 aromatic carbocycles. The van der Waals surface area contributed by atoms with Gasteiger partial charge in [0.05, 0.1) is 18.7 Å². The number of ether oxygens (including phenoxy) is 1. The lowest BCUT2D eigenvalue weighted by molar-refractivity contribution is -0.0121. The highest BCUT2D eigenvalue weighted by molar-refractivity contribution is 5.21. The Hall–Kier alpha value is -1.37. The summed E-state index contributed by atoms with van der Waals surface area (Å²) in [4.78, 5) is 2.26. The number of benzene rings is 1. The van der Waals surface area contributed by atoms with Crippen molar-refractivity contribution >= 4 is 0 Å². The molecule has 2 aliphatic heterocycles. The first-order chi connectivity index (χ1) is 8.40. The molecule has 17 heavy (non-hydrogen) atoms. The molecular formula is C14H16N2O. The molecule has 0 amide bonds. The number of rotatable bonds is 1. The van der Waals surface area contributed by atoms with Gasteiger partial charge in [-0.05, 0) is 24.8 Å². The molecule has 0 radical (unpaired) electrons. The Morgan fingerprint density at radius 3 is 2.82 bits per heavy atom. The molecule has 3 rings (SSSR count). The van der Waals surface area contributed by atoms with E-state index in [1.807, 2.05) is 18.2 Å². The van der Waals surface area contributed by atoms with E-state index in [2.05, 4.69) is 23.1 Å². The highest BCUT2D eigenvalue weighted by Crippen LogP contribution is 2.38. The topological polar surface area (TPSA) is 36.3 Å². The summed E-state index contributed by atoms with van der Waals surface area (Å²) in [5.74, 6) is 0. The number of hydrogen-bond acceptors (Lipinski definition) is 3. The molecule has 3 atom stereocenters. The van der Waals surface area contributed by atoms with E-state index in [1.54, 1.807) is 0 Å². The van der Waals surface area contributed by atoms with Gasteiger partial charge in [-0.15, -0.1) is 0 Å². The van der Waals surface area contributed by atoms with Gasteiger partial charge in [-0.1, -0.05) is 30.3 Å². The Kier molecular flexibility index (Phi) is 2.84. The van der Waals surface area contributed by atoms with Crippen molar-refractivity contribution in [1.29, 1.82) is 5.26 Å². The molecule has 0 saturated carbocycles. The van der Waals surface area contributed by atoms with Crippen molar-refractivity contribution in [2.75, 3.05) is 6.61 Å². The van der Waals surface area contributed by atoms with Gasteiger partial charge in [0.2, 0.25) is 0 Å². The highest BCUT2D eigenvalue weighted by atomic mass is 16.5. The summed E-state index contributed by atoms with van der Waals surface area (Å²) in [5.41, 5.74) is 1.26. The van der Waals surface area contributed by atoms with E-state index >= 15 is 0 Å². The molecule has 2 heterocycles. The SMILES string of the molecule is N#CC1CCCC2OCC(c3ccccc3)N12. The first-order valence-electron chi connectivity index (χ1n) is 6.24. The summed E-state index contributed by atoms with van der Waals surface area (Å²) in [6.45, 7) is 0.715. The maximum absolute atomic E-state index is 9.26. The third-order valence-corrected chi connectivity index (χ3v) is 3.76. The third-order valence-electron chi connectivity index (χ3n) is 3.76. The lowest BCUT2D eigenvalue weighted by Gasteiger charge is -2.35. The Labute approximate surface area is 102 Å². The molecular weight excluding hydrogens is 212 g/mol. The second-order valence-electron chi connectivity index (χ2n) is 4.74. The lowest BCUT2D eigenvalue weighted by atomic mass is 9.98. The van der Waals surface area contributed by atoms with Gasteiger partial charge in [0.25, 0.3) is 0 Å². The summed E-state index contributed by atoms with van der Waals surface area (Å²) >= 11 is 0. The number of fused-ring (bicyclic) bond motifs is 1. The van der Waals surface area contributed by atoms with Crippen LogP contribution in [-0.4, -0.2) is 23.8 Å². The smallest absolute Gasteiger partial charge is 0.112 e. The van der Waals surface area contributed by atoms with E-state index in [-0.39, 0.29) is 18.3 Å². The molecule has 2 saturated heterocycles. The summed E-state index contributed by atoms with van der Waals surface area (Å²) in [6.07, 6.45) is 3.28. The highest BCUT2D eigenvalue weighted by Gasteiger charge is 2.42. The third kappa shape index (κ3) is 1.84. The van der Waals surface area contributed by atoms with Gasteiger partial charge in [0.1, 0.15) is 12.3 Å². The van der Waals surface area contributed by atoms with Crippen LogP contribution in [0.4, 0.5) is 0 Å². The van der Waals surface area contributed by atoms with Crippen molar-refractivity contribution in [3.8, 4) is 6.07 Å². The number of nitriles is 1. The van der Waals surface area contributed by atoms with Gasteiger partial charge < -0.3 is 4.74 Å². The minimum atomic E-state index is 0.0152. The summed E-state index contributed by atoms with van der Waals surface area (Å²) in [5, 5.41) is 9.26. The number of nitrogens with zero attached hydrogens (tertiary/aromatic N) is 2. The normalized spacial score (nSPS) is 33.0. The minimum absolute atomic E-state index is 0.0152. The van der Waals surface area contributed by atoms with E-state index in [9.17, 15) is 5.26 Å². The van der Waals surface area contributed by atoms with Crippen molar-refractivity contribution < 1.29 is 4.74 Å². The van der Waals surface area contributed by atoms with Crippen molar-refractivity contribution in [2.24, 2.45) is 0 Å². The first kappa shape index (κ1) is 10.8. The van der Waals surface area contributed by atoms with Crippen LogP contribution in [-0.2, 0) is 4.74 Å². The number of piperidine rings is 1. The Morgan fingerprint density at radius 2 is 2.06 bits per heavy atom. The lowest BCUT2D eigenvalue weighted by Crippen LogP contribution is -2.43. The molecule has 2 fully saturated rings. The van der Waals surface area contributed by atoms with E-state index in [0.717, 1.165) is 19.3 Å². The molecule has 0 bridgehead atoms. The molecule has 3 heteroatoms. The van der Waals surface area contributed by atoms with Crippen LogP contribution >= 0.6 is 0 Å². The Bertz CT molecular complexity index is 426. The zero-order valence-corrected chi connectivity index (χ0v) is 9.75. The molecule has 0 spiro atoms. The van der Waals surface area contributed by atoms with E-state index in [0.29, 0.717) is 6.61 Å². The molecule has 3 nitrogen and oxygen atoms in total. The van der Waals surface area contributed by atoms with Gasteiger partial charge >= 0.3 is 0 Å². The van der Waals surface area contributed by atoms with Crippen LogP contribution < -0.4 is 0 Å². The van der Waals surface area contributed by atoms with Crippen molar-refractivity contribution in [3.05, 3.63) is 35.9 Å². The average molecular weight is 228 g/mol. The van der Waals surface area contributed by atoms with Crippen LogP contribution in [0.5, 0.6) is 0 Å². The zero-order chi connectivity index (χ0) is 11.7. The summed E-state index contributed by atoms with van der Waals surface area (Å²) in [7, 11) is 0. The largest absolute Gasteiger partial charge is 0.361 e. The van der Waals surface area contributed by atoms with Crippen LogP contribution in [0.2, 0.25) is 0 Å².